The Labute approximate surface area is 277 Å². The molecule has 8 heteroatoms. The molecule has 1 aromatic heterocycles. The lowest BCUT2D eigenvalue weighted by Gasteiger charge is -2.25. The molecule has 5 aromatic rings. The molecule has 8 nitrogen and oxygen atoms in total. The van der Waals surface area contributed by atoms with E-state index in [-0.39, 0.29) is 17.9 Å². The third-order valence-electron chi connectivity index (χ3n) is 9.40. The van der Waals surface area contributed by atoms with Crippen molar-refractivity contribution in [2.75, 3.05) is 6.54 Å². The van der Waals surface area contributed by atoms with Crippen LogP contribution in [-0.2, 0) is 17.9 Å². The molecule has 0 radical (unpaired) electrons. The van der Waals surface area contributed by atoms with Crippen molar-refractivity contribution in [1.29, 1.82) is 0 Å². The summed E-state index contributed by atoms with van der Waals surface area (Å²) in [5, 5.41) is 17.6. The van der Waals surface area contributed by atoms with Crippen LogP contribution in [-0.4, -0.2) is 40.4 Å². The van der Waals surface area contributed by atoms with Gasteiger partial charge in [0.2, 0.25) is 5.91 Å². The first-order valence-corrected chi connectivity index (χ1v) is 17.1. The van der Waals surface area contributed by atoms with Crippen LogP contribution in [0.2, 0.25) is 0 Å². The number of hydrogen-bond acceptors (Lipinski definition) is 5. The zero-order valence-corrected chi connectivity index (χ0v) is 27.2. The molecule has 0 spiro atoms. The number of carbonyl (C=O) groups excluding carboxylic acids is 2. The lowest BCUT2D eigenvalue weighted by molar-refractivity contribution is -0.123. The lowest BCUT2D eigenvalue weighted by atomic mass is 9.95. The summed E-state index contributed by atoms with van der Waals surface area (Å²) in [4.78, 5) is 35.2. The highest BCUT2D eigenvalue weighted by atomic mass is 16.2. The standard InChI is InChI=1S/C39H46N6O2/c1-27(31-18-9-12-28-11-5-6-15-32(28)31)44-39(47)36(19-10-22-41-30-13-3-2-4-14-30)45-38(46)35-21-20-29(33-16-7-8-17-34(33)35)25-40-26-37-42-23-24-43-37/h5-9,11-12,15-18,20-21,23-24,27,30,36,40-41H,2-4,10,13-14,19,22,25-26H2,1H3,(H,42,43)(H,44,47)(H,45,46)/t27-,36-/m0/s1. The molecule has 2 atom stereocenters. The highest BCUT2D eigenvalue weighted by molar-refractivity contribution is 6.09. The van der Waals surface area contributed by atoms with Gasteiger partial charge in [-0.1, -0.05) is 92.1 Å². The van der Waals surface area contributed by atoms with Gasteiger partial charge in [0.05, 0.1) is 12.6 Å². The van der Waals surface area contributed by atoms with E-state index in [0.717, 1.165) is 51.5 Å². The van der Waals surface area contributed by atoms with E-state index in [1.807, 2.05) is 67.7 Å². The zero-order valence-electron chi connectivity index (χ0n) is 27.2. The number of nitrogens with zero attached hydrogens (tertiary/aromatic N) is 1. The lowest BCUT2D eigenvalue weighted by Crippen LogP contribution is -2.47. The second kappa shape index (κ2) is 15.8. The fourth-order valence-corrected chi connectivity index (χ4v) is 6.87. The highest BCUT2D eigenvalue weighted by Gasteiger charge is 2.25. The summed E-state index contributed by atoms with van der Waals surface area (Å²) >= 11 is 0. The molecule has 47 heavy (non-hydrogen) atoms. The minimum absolute atomic E-state index is 0.167. The molecule has 1 aliphatic carbocycles. The molecule has 2 amide bonds. The molecule has 0 saturated heterocycles. The quantitative estimate of drug-likeness (QED) is 0.0879. The predicted octanol–water partition coefficient (Wildman–Crippen LogP) is 6.68. The molecule has 0 bridgehead atoms. The van der Waals surface area contributed by atoms with Crippen molar-refractivity contribution >= 4 is 33.4 Å². The van der Waals surface area contributed by atoms with Crippen molar-refractivity contribution in [2.24, 2.45) is 0 Å². The van der Waals surface area contributed by atoms with Crippen LogP contribution in [0.1, 0.15) is 85.2 Å². The van der Waals surface area contributed by atoms with Gasteiger partial charge in [-0.15, -0.1) is 0 Å². The molecule has 0 unspecified atom stereocenters. The normalized spacial score (nSPS) is 15.0. The number of H-pyrrole nitrogens is 1. The average Bonchev–Trinajstić information content (AvgIpc) is 3.63. The number of aromatic amines is 1. The first-order valence-electron chi connectivity index (χ1n) is 17.1. The summed E-state index contributed by atoms with van der Waals surface area (Å²) in [6.07, 6.45) is 11.2. The fourth-order valence-electron chi connectivity index (χ4n) is 6.87. The number of imidazole rings is 1. The van der Waals surface area contributed by atoms with Crippen molar-refractivity contribution in [2.45, 2.75) is 83.1 Å². The Hall–Kier alpha value is -4.53. The van der Waals surface area contributed by atoms with Crippen LogP contribution in [0, 0.1) is 0 Å². The number of aromatic nitrogens is 2. The number of nitrogens with one attached hydrogen (secondary N) is 5. The van der Waals surface area contributed by atoms with Crippen molar-refractivity contribution < 1.29 is 9.59 Å². The number of amides is 2. The molecule has 0 aliphatic heterocycles. The van der Waals surface area contributed by atoms with Crippen molar-refractivity contribution in [3.8, 4) is 0 Å². The molecule has 5 N–H and O–H groups in total. The Morgan fingerprint density at radius 1 is 0.851 bits per heavy atom. The van der Waals surface area contributed by atoms with E-state index >= 15 is 0 Å². The number of hydrogen-bond donors (Lipinski definition) is 5. The molecule has 4 aromatic carbocycles. The van der Waals surface area contributed by atoms with Crippen LogP contribution in [0.15, 0.2) is 91.3 Å². The molecule has 1 fully saturated rings. The molecule has 244 valence electrons. The summed E-state index contributed by atoms with van der Waals surface area (Å²) in [6.45, 7) is 4.09. The maximum absolute atomic E-state index is 13.9. The predicted molar refractivity (Wildman–Crippen MR) is 189 cm³/mol. The van der Waals surface area contributed by atoms with Gasteiger partial charge in [-0.2, -0.15) is 0 Å². The Bertz CT molecular complexity index is 1770. The topological polar surface area (TPSA) is 111 Å². The molecule has 1 aliphatic rings. The zero-order chi connectivity index (χ0) is 32.4. The number of benzene rings is 4. The first kappa shape index (κ1) is 32.4. The largest absolute Gasteiger partial charge is 0.348 e. The first-order chi connectivity index (χ1) is 23.1. The van der Waals surface area contributed by atoms with Gasteiger partial charge >= 0.3 is 0 Å². The Kier molecular flexibility index (Phi) is 10.9. The highest BCUT2D eigenvalue weighted by Crippen LogP contribution is 2.26. The second-order valence-corrected chi connectivity index (χ2v) is 12.7. The van der Waals surface area contributed by atoms with E-state index in [0.29, 0.717) is 31.1 Å². The third-order valence-corrected chi connectivity index (χ3v) is 9.40. The van der Waals surface area contributed by atoms with E-state index < -0.39 is 6.04 Å². The van der Waals surface area contributed by atoms with Crippen molar-refractivity contribution in [3.63, 3.8) is 0 Å². The second-order valence-electron chi connectivity index (χ2n) is 12.7. The number of fused-ring (bicyclic) bond motifs is 2. The Balaban J connectivity index is 1.17. The van der Waals surface area contributed by atoms with E-state index in [4.69, 9.17) is 0 Å². The summed E-state index contributed by atoms with van der Waals surface area (Å²) in [7, 11) is 0. The van der Waals surface area contributed by atoms with Gasteiger partial charge in [0, 0.05) is 30.5 Å². The minimum atomic E-state index is -0.665. The summed E-state index contributed by atoms with van der Waals surface area (Å²) in [6, 6.07) is 25.9. The maximum Gasteiger partial charge on any atom is 0.252 e. The monoisotopic (exact) mass is 630 g/mol. The van der Waals surface area contributed by atoms with Gasteiger partial charge in [-0.25, -0.2) is 4.98 Å². The average molecular weight is 631 g/mol. The van der Waals surface area contributed by atoms with Gasteiger partial charge in [0.25, 0.3) is 5.91 Å². The summed E-state index contributed by atoms with van der Waals surface area (Å²) in [5.74, 6) is 0.465. The van der Waals surface area contributed by atoms with Crippen LogP contribution >= 0.6 is 0 Å². The van der Waals surface area contributed by atoms with Gasteiger partial charge in [0.1, 0.15) is 11.9 Å². The van der Waals surface area contributed by atoms with Crippen LogP contribution in [0.3, 0.4) is 0 Å². The van der Waals surface area contributed by atoms with Gasteiger partial charge in [-0.3, -0.25) is 9.59 Å². The molecule has 6 rings (SSSR count). The third kappa shape index (κ3) is 8.25. The van der Waals surface area contributed by atoms with Crippen LogP contribution < -0.4 is 21.3 Å². The van der Waals surface area contributed by atoms with E-state index in [2.05, 4.69) is 55.5 Å². The van der Waals surface area contributed by atoms with Crippen molar-refractivity contribution in [3.05, 3.63) is 114 Å². The molecular weight excluding hydrogens is 584 g/mol. The fraction of sp³-hybridized carbons (Fsp3) is 0.359. The van der Waals surface area contributed by atoms with Gasteiger partial charge < -0.3 is 26.3 Å². The van der Waals surface area contributed by atoms with Crippen LogP contribution in [0.25, 0.3) is 21.5 Å². The molecule has 1 saturated carbocycles. The SMILES string of the molecule is C[C@H](NC(=O)[C@H](CCCNC1CCCCC1)NC(=O)c1ccc(CNCc2ncc[nH]2)c2ccccc12)c1cccc2ccccc12. The van der Waals surface area contributed by atoms with Crippen LogP contribution in [0.5, 0.6) is 0 Å². The smallest absolute Gasteiger partial charge is 0.252 e. The Morgan fingerprint density at radius 3 is 2.43 bits per heavy atom. The van der Waals surface area contributed by atoms with Crippen molar-refractivity contribution in [1.82, 2.24) is 31.2 Å². The number of rotatable bonds is 14. The maximum atomic E-state index is 13.9. The molecule has 1 heterocycles. The van der Waals surface area contributed by atoms with E-state index in [1.165, 1.54) is 32.1 Å². The van der Waals surface area contributed by atoms with E-state index in [9.17, 15) is 9.59 Å². The summed E-state index contributed by atoms with van der Waals surface area (Å²) < 4.78 is 0. The van der Waals surface area contributed by atoms with Crippen LogP contribution in [0.4, 0.5) is 0 Å². The Morgan fingerprint density at radius 2 is 1.62 bits per heavy atom. The minimum Gasteiger partial charge on any atom is -0.348 e. The molecular formula is C39H46N6O2. The van der Waals surface area contributed by atoms with E-state index in [1.54, 1.807) is 6.20 Å². The number of carbonyl (C=O) groups is 2. The van der Waals surface area contributed by atoms with Gasteiger partial charge in [-0.05, 0) is 77.9 Å². The summed E-state index contributed by atoms with van der Waals surface area (Å²) in [5.41, 5.74) is 2.72. The van der Waals surface area contributed by atoms with Gasteiger partial charge in [0.15, 0.2) is 0 Å².